The monoisotopic (exact) mass is 345 g/mol. The van der Waals surface area contributed by atoms with Crippen LogP contribution in [-0.2, 0) is 4.79 Å². The van der Waals surface area contributed by atoms with E-state index in [-0.39, 0.29) is 11.2 Å². The number of nitrogens with zero attached hydrogens (tertiary/aromatic N) is 3. The maximum absolute atomic E-state index is 12.3. The summed E-state index contributed by atoms with van der Waals surface area (Å²) in [5.41, 5.74) is 0.784. The number of aromatic nitrogens is 3. The molecule has 128 valence electrons. The van der Waals surface area contributed by atoms with Crippen molar-refractivity contribution in [2.45, 2.75) is 55.4 Å². The first-order valence-electron chi connectivity index (χ1n) is 8.38. The van der Waals surface area contributed by atoms with E-state index in [9.17, 15) is 4.79 Å². The highest BCUT2D eigenvalue weighted by atomic mass is 32.2. The van der Waals surface area contributed by atoms with Crippen LogP contribution in [0.2, 0.25) is 0 Å². The van der Waals surface area contributed by atoms with E-state index in [0.717, 1.165) is 24.4 Å². The zero-order valence-corrected chi connectivity index (χ0v) is 14.6. The SMILES string of the molecule is C[C@H](Sc1nnc(C2CCCCC2)n1N)C(=O)Nc1ccccc1. The van der Waals surface area contributed by atoms with Crippen molar-refractivity contribution >= 4 is 23.4 Å². The van der Waals surface area contributed by atoms with E-state index in [1.54, 1.807) is 4.68 Å². The van der Waals surface area contributed by atoms with E-state index in [1.807, 2.05) is 37.3 Å². The van der Waals surface area contributed by atoms with Crippen LogP contribution in [0.5, 0.6) is 0 Å². The van der Waals surface area contributed by atoms with Crippen LogP contribution in [0.25, 0.3) is 0 Å². The fourth-order valence-electron chi connectivity index (χ4n) is 2.98. The second kappa shape index (κ2) is 7.70. The van der Waals surface area contributed by atoms with Crippen molar-refractivity contribution in [1.29, 1.82) is 0 Å². The van der Waals surface area contributed by atoms with Gasteiger partial charge in [-0.2, -0.15) is 0 Å². The average Bonchev–Trinajstić information content (AvgIpc) is 2.97. The van der Waals surface area contributed by atoms with Crippen LogP contribution in [0.3, 0.4) is 0 Å². The maximum Gasteiger partial charge on any atom is 0.237 e. The van der Waals surface area contributed by atoms with Crippen LogP contribution in [0.15, 0.2) is 35.5 Å². The Labute approximate surface area is 146 Å². The van der Waals surface area contributed by atoms with Crippen molar-refractivity contribution in [2.24, 2.45) is 0 Å². The molecule has 0 saturated heterocycles. The second-order valence-electron chi connectivity index (χ2n) is 6.16. The maximum atomic E-state index is 12.3. The third-order valence-electron chi connectivity index (χ3n) is 4.35. The smallest absolute Gasteiger partial charge is 0.237 e. The fraction of sp³-hybridized carbons (Fsp3) is 0.471. The highest BCUT2D eigenvalue weighted by molar-refractivity contribution is 8.00. The molecule has 1 aliphatic rings. The molecule has 7 heteroatoms. The van der Waals surface area contributed by atoms with E-state index < -0.39 is 0 Å². The molecule has 1 atom stereocenters. The summed E-state index contributed by atoms with van der Waals surface area (Å²) in [6.07, 6.45) is 5.95. The summed E-state index contributed by atoms with van der Waals surface area (Å²) < 4.78 is 1.56. The fourth-order valence-corrected chi connectivity index (χ4v) is 3.76. The van der Waals surface area contributed by atoms with Gasteiger partial charge in [-0.15, -0.1) is 10.2 Å². The van der Waals surface area contributed by atoms with Gasteiger partial charge in [0.25, 0.3) is 0 Å². The van der Waals surface area contributed by atoms with Gasteiger partial charge in [-0.05, 0) is 31.9 Å². The van der Waals surface area contributed by atoms with Gasteiger partial charge in [0.2, 0.25) is 11.1 Å². The van der Waals surface area contributed by atoms with Crippen molar-refractivity contribution in [3.8, 4) is 0 Å². The zero-order valence-electron chi connectivity index (χ0n) is 13.8. The van der Waals surface area contributed by atoms with E-state index in [2.05, 4.69) is 15.5 Å². The van der Waals surface area contributed by atoms with Crippen LogP contribution in [-0.4, -0.2) is 26.0 Å². The summed E-state index contributed by atoms with van der Waals surface area (Å²) >= 11 is 1.33. The zero-order chi connectivity index (χ0) is 16.9. The minimum Gasteiger partial charge on any atom is -0.336 e. The Balaban J connectivity index is 1.63. The Morgan fingerprint density at radius 1 is 1.25 bits per heavy atom. The van der Waals surface area contributed by atoms with E-state index in [4.69, 9.17) is 5.84 Å². The molecule has 24 heavy (non-hydrogen) atoms. The summed E-state index contributed by atoms with van der Waals surface area (Å²) in [4.78, 5) is 12.3. The molecule has 2 aromatic rings. The highest BCUT2D eigenvalue weighted by Gasteiger charge is 2.24. The van der Waals surface area contributed by atoms with Crippen LogP contribution < -0.4 is 11.2 Å². The lowest BCUT2D eigenvalue weighted by Gasteiger charge is -2.20. The summed E-state index contributed by atoms with van der Waals surface area (Å²) in [6, 6.07) is 9.42. The van der Waals surface area contributed by atoms with Gasteiger partial charge in [0.05, 0.1) is 5.25 Å². The molecule has 3 rings (SSSR count). The van der Waals surface area contributed by atoms with Gasteiger partial charge < -0.3 is 11.2 Å². The Hall–Kier alpha value is -2.02. The Morgan fingerprint density at radius 2 is 1.96 bits per heavy atom. The third kappa shape index (κ3) is 3.90. The Morgan fingerprint density at radius 3 is 2.67 bits per heavy atom. The Bertz CT molecular complexity index is 682. The first-order chi connectivity index (χ1) is 11.6. The molecule has 6 nitrogen and oxygen atoms in total. The predicted octanol–water partition coefficient (Wildman–Crippen LogP) is 3.16. The average molecular weight is 345 g/mol. The quantitative estimate of drug-likeness (QED) is 0.642. The number of nitrogens with two attached hydrogens (primary N) is 1. The molecule has 1 aromatic heterocycles. The lowest BCUT2D eigenvalue weighted by molar-refractivity contribution is -0.115. The molecule has 1 amide bonds. The summed E-state index contributed by atoms with van der Waals surface area (Å²) in [7, 11) is 0. The van der Waals surface area contributed by atoms with Crippen molar-refractivity contribution in [3.05, 3.63) is 36.2 Å². The normalized spacial score (nSPS) is 16.7. The van der Waals surface area contributed by atoms with Gasteiger partial charge >= 0.3 is 0 Å². The van der Waals surface area contributed by atoms with Crippen molar-refractivity contribution < 1.29 is 4.79 Å². The first kappa shape index (κ1) is 16.8. The van der Waals surface area contributed by atoms with Crippen molar-refractivity contribution in [3.63, 3.8) is 0 Å². The molecule has 1 saturated carbocycles. The molecule has 1 aliphatic carbocycles. The topological polar surface area (TPSA) is 85.8 Å². The molecule has 0 unspecified atom stereocenters. The van der Waals surface area contributed by atoms with E-state index in [1.165, 1.54) is 31.0 Å². The third-order valence-corrected chi connectivity index (χ3v) is 5.41. The second-order valence-corrected chi connectivity index (χ2v) is 7.47. The summed E-state index contributed by atoms with van der Waals surface area (Å²) in [5, 5.41) is 11.6. The van der Waals surface area contributed by atoms with Crippen molar-refractivity contribution in [2.75, 3.05) is 11.2 Å². The number of benzene rings is 1. The number of para-hydroxylation sites is 1. The predicted molar refractivity (Wildman–Crippen MR) is 96.4 cm³/mol. The van der Waals surface area contributed by atoms with Gasteiger partial charge in [0.15, 0.2) is 5.82 Å². The van der Waals surface area contributed by atoms with Crippen LogP contribution >= 0.6 is 11.8 Å². The minimum absolute atomic E-state index is 0.0755. The molecule has 0 radical (unpaired) electrons. The van der Waals surface area contributed by atoms with Crippen LogP contribution in [0.1, 0.15) is 50.8 Å². The lowest BCUT2D eigenvalue weighted by atomic mass is 9.89. The summed E-state index contributed by atoms with van der Waals surface area (Å²) in [5.74, 6) is 7.33. The minimum atomic E-state index is -0.309. The molecular weight excluding hydrogens is 322 g/mol. The lowest BCUT2D eigenvalue weighted by Crippen LogP contribution is -2.24. The van der Waals surface area contributed by atoms with Gasteiger partial charge in [-0.3, -0.25) is 4.79 Å². The number of hydrogen-bond acceptors (Lipinski definition) is 5. The summed E-state index contributed by atoms with van der Waals surface area (Å²) in [6.45, 7) is 1.85. The molecule has 0 aliphatic heterocycles. The number of thioether (sulfide) groups is 1. The Kier molecular flexibility index (Phi) is 5.40. The van der Waals surface area contributed by atoms with Gasteiger partial charge in [-0.1, -0.05) is 49.2 Å². The molecule has 1 aromatic carbocycles. The number of carbonyl (C=O) groups is 1. The van der Waals surface area contributed by atoms with Gasteiger partial charge in [0.1, 0.15) is 0 Å². The number of nitrogens with one attached hydrogen (secondary N) is 1. The molecule has 1 fully saturated rings. The molecule has 0 spiro atoms. The number of carbonyl (C=O) groups excluding carboxylic acids is 1. The van der Waals surface area contributed by atoms with Gasteiger partial charge in [0, 0.05) is 11.6 Å². The van der Waals surface area contributed by atoms with Crippen LogP contribution in [0.4, 0.5) is 5.69 Å². The molecule has 0 bridgehead atoms. The van der Waals surface area contributed by atoms with Gasteiger partial charge in [-0.25, -0.2) is 4.68 Å². The first-order valence-corrected chi connectivity index (χ1v) is 9.26. The van der Waals surface area contributed by atoms with Crippen molar-refractivity contribution in [1.82, 2.24) is 14.9 Å². The van der Waals surface area contributed by atoms with E-state index >= 15 is 0 Å². The molecular formula is C17H23N5OS. The molecule has 1 heterocycles. The number of nitrogen functional groups attached to an aromatic ring is 1. The molecule has 3 N–H and O–H groups in total. The van der Waals surface area contributed by atoms with Crippen LogP contribution in [0, 0.1) is 0 Å². The number of amides is 1. The number of anilines is 1. The highest BCUT2D eigenvalue weighted by Crippen LogP contribution is 2.32. The van der Waals surface area contributed by atoms with E-state index in [0.29, 0.717) is 11.1 Å². The largest absolute Gasteiger partial charge is 0.336 e. The number of hydrogen-bond donors (Lipinski definition) is 2. The number of rotatable bonds is 5. The standard InChI is InChI=1S/C17H23N5OS/c1-12(16(23)19-14-10-6-3-7-11-14)24-17-21-20-15(22(17)18)13-8-4-2-5-9-13/h3,6-7,10-13H,2,4-5,8-9,18H2,1H3,(H,19,23)/t12-/m0/s1.